The number of amides is 1. The van der Waals surface area contributed by atoms with Crippen molar-refractivity contribution in [2.45, 2.75) is 25.4 Å². The van der Waals surface area contributed by atoms with Crippen LogP contribution in [0.1, 0.15) is 24.8 Å². The molecule has 120 valence electrons. The molecule has 0 spiro atoms. The van der Waals surface area contributed by atoms with E-state index in [0.29, 0.717) is 6.54 Å². The van der Waals surface area contributed by atoms with E-state index in [-0.39, 0.29) is 12.0 Å². The van der Waals surface area contributed by atoms with Crippen molar-refractivity contribution >= 4 is 38.3 Å². The molecule has 2 aliphatic rings. The molecule has 1 atom stereocenters. The van der Waals surface area contributed by atoms with Crippen molar-refractivity contribution in [2.75, 3.05) is 19.7 Å². The number of benzene rings is 1. The van der Waals surface area contributed by atoms with Gasteiger partial charge in [0.05, 0.1) is 0 Å². The third-order valence-corrected chi connectivity index (χ3v) is 5.21. The Morgan fingerprint density at radius 1 is 1.39 bits per heavy atom. The summed E-state index contributed by atoms with van der Waals surface area (Å²) < 4.78 is 6.60. The maximum Gasteiger partial charge on any atom is 0.251 e. The lowest BCUT2D eigenvalue weighted by Gasteiger charge is -2.28. The van der Waals surface area contributed by atoms with Gasteiger partial charge in [-0.2, -0.15) is 0 Å². The first-order valence-electron chi connectivity index (χ1n) is 8.09. The molecule has 0 bridgehead atoms. The maximum absolute atomic E-state index is 12.4. The fraction of sp³-hybridized carbons (Fsp3) is 0.389. The number of aromatic amines is 1. The van der Waals surface area contributed by atoms with Gasteiger partial charge in [0.25, 0.3) is 5.91 Å². The van der Waals surface area contributed by atoms with Crippen LogP contribution in [0.5, 0.6) is 0 Å². The summed E-state index contributed by atoms with van der Waals surface area (Å²) >= 11 is 3.54. The predicted octanol–water partition coefficient (Wildman–Crippen LogP) is 3.73. The first kappa shape index (κ1) is 15.0. The highest BCUT2D eigenvalue weighted by Gasteiger charge is 2.29. The smallest absolute Gasteiger partial charge is 0.251 e. The van der Waals surface area contributed by atoms with Crippen LogP contribution in [0.25, 0.3) is 16.5 Å². The van der Waals surface area contributed by atoms with Crippen molar-refractivity contribution in [1.29, 1.82) is 0 Å². The van der Waals surface area contributed by atoms with Gasteiger partial charge in [-0.15, -0.1) is 0 Å². The van der Waals surface area contributed by atoms with Gasteiger partial charge in [0.2, 0.25) is 0 Å². The molecule has 2 aromatic rings. The Bertz CT molecular complexity index is 774. The SMILES string of the molecule is O=C(C1CCCO1)N1CC=C(c2c[nH]c3ccc(Br)cc23)CC1. The highest BCUT2D eigenvalue weighted by molar-refractivity contribution is 9.10. The topological polar surface area (TPSA) is 45.3 Å². The fourth-order valence-electron chi connectivity index (χ4n) is 3.45. The van der Waals surface area contributed by atoms with Gasteiger partial charge in [-0.25, -0.2) is 0 Å². The average Bonchev–Trinajstić information content (AvgIpc) is 3.24. The number of hydrogen-bond acceptors (Lipinski definition) is 2. The number of H-pyrrole nitrogens is 1. The Hall–Kier alpha value is -1.59. The van der Waals surface area contributed by atoms with Crippen molar-refractivity contribution in [3.05, 3.63) is 40.5 Å². The molecule has 1 aromatic heterocycles. The van der Waals surface area contributed by atoms with E-state index in [9.17, 15) is 4.79 Å². The number of carbonyl (C=O) groups is 1. The van der Waals surface area contributed by atoms with Crippen LogP contribution < -0.4 is 0 Å². The molecule has 0 aliphatic carbocycles. The summed E-state index contributed by atoms with van der Waals surface area (Å²) in [6, 6.07) is 6.27. The standard InChI is InChI=1S/C18H19BrN2O2/c19-13-3-4-16-14(10-13)15(11-20-16)12-5-7-21(8-6-12)18(22)17-2-1-9-23-17/h3-5,10-11,17,20H,1-2,6-9H2. The van der Waals surface area contributed by atoms with Gasteiger partial charge in [0, 0.05) is 46.8 Å². The molecule has 1 fully saturated rings. The van der Waals surface area contributed by atoms with E-state index in [4.69, 9.17) is 4.74 Å². The molecule has 2 aliphatic heterocycles. The number of carbonyl (C=O) groups excluding carboxylic acids is 1. The first-order valence-corrected chi connectivity index (χ1v) is 8.88. The Morgan fingerprint density at radius 2 is 2.30 bits per heavy atom. The summed E-state index contributed by atoms with van der Waals surface area (Å²) in [4.78, 5) is 17.7. The van der Waals surface area contributed by atoms with Crippen LogP contribution in [0.15, 0.2) is 34.9 Å². The van der Waals surface area contributed by atoms with E-state index in [2.05, 4.69) is 45.3 Å². The number of halogens is 1. The number of rotatable bonds is 2. The fourth-order valence-corrected chi connectivity index (χ4v) is 3.81. The summed E-state index contributed by atoms with van der Waals surface area (Å²) in [7, 11) is 0. The lowest BCUT2D eigenvalue weighted by molar-refractivity contribution is -0.140. The molecule has 1 N–H and O–H groups in total. The van der Waals surface area contributed by atoms with Crippen LogP contribution in [-0.4, -0.2) is 41.6 Å². The van der Waals surface area contributed by atoms with Gasteiger partial charge in [-0.3, -0.25) is 4.79 Å². The van der Waals surface area contributed by atoms with Crippen LogP contribution in [0.2, 0.25) is 0 Å². The van der Waals surface area contributed by atoms with Gasteiger partial charge >= 0.3 is 0 Å². The van der Waals surface area contributed by atoms with E-state index in [1.807, 2.05) is 11.0 Å². The summed E-state index contributed by atoms with van der Waals surface area (Å²) in [5.74, 6) is 0.152. The molecule has 23 heavy (non-hydrogen) atoms. The summed E-state index contributed by atoms with van der Waals surface area (Å²) in [6.45, 7) is 2.16. The quantitative estimate of drug-likeness (QED) is 0.870. The second-order valence-corrected chi connectivity index (χ2v) is 7.07. The molecule has 5 heteroatoms. The Balaban J connectivity index is 1.54. The van der Waals surface area contributed by atoms with Gasteiger partial charge in [0.1, 0.15) is 6.10 Å². The second-order valence-electron chi connectivity index (χ2n) is 6.16. The van der Waals surface area contributed by atoms with Crippen molar-refractivity contribution in [3.63, 3.8) is 0 Å². The summed E-state index contributed by atoms with van der Waals surface area (Å²) in [6.07, 6.45) is 6.78. The number of aromatic nitrogens is 1. The van der Waals surface area contributed by atoms with Crippen molar-refractivity contribution < 1.29 is 9.53 Å². The summed E-state index contributed by atoms with van der Waals surface area (Å²) in [5.41, 5.74) is 3.69. The van der Waals surface area contributed by atoms with Crippen molar-refractivity contribution in [2.24, 2.45) is 0 Å². The van der Waals surface area contributed by atoms with Gasteiger partial charge in [-0.05, 0) is 43.0 Å². The number of nitrogens with zero attached hydrogens (tertiary/aromatic N) is 1. The van der Waals surface area contributed by atoms with Gasteiger partial charge < -0.3 is 14.6 Å². The largest absolute Gasteiger partial charge is 0.368 e. The number of fused-ring (bicyclic) bond motifs is 1. The number of ether oxygens (including phenoxy) is 1. The van der Waals surface area contributed by atoms with E-state index < -0.39 is 0 Å². The monoisotopic (exact) mass is 374 g/mol. The van der Waals surface area contributed by atoms with Crippen LogP contribution in [0.3, 0.4) is 0 Å². The molecule has 1 unspecified atom stereocenters. The van der Waals surface area contributed by atoms with Crippen LogP contribution in [-0.2, 0) is 9.53 Å². The molecule has 0 radical (unpaired) electrons. The first-order chi connectivity index (χ1) is 11.2. The molecule has 1 aromatic carbocycles. The van der Waals surface area contributed by atoms with E-state index in [0.717, 1.165) is 42.4 Å². The molecular formula is C18H19BrN2O2. The minimum absolute atomic E-state index is 0.152. The molecule has 3 heterocycles. The van der Waals surface area contributed by atoms with E-state index in [1.54, 1.807) is 0 Å². The minimum atomic E-state index is -0.214. The lowest BCUT2D eigenvalue weighted by Crippen LogP contribution is -2.41. The van der Waals surface area contributed by atoms with Crippen molar-refractivity contribution in [1.82, 2.24) is 9.88 Å². The van der Waals surface area contributed by atoms with E-state index in [1.165, 1.54) is 16.5 Å². The van der Waals surface area contributed by atoms with Crippen molar-refractivity contribution in [3.8, 4) is 0 Å². The minimum Gasteiger partial charge on any atom is -0.368 e. The third kappa shape index (κ3) is 2.83. The second kappa shape index (κ2) is 6.13. The number of hydrogen-bond donors (Lipinski definition) is 1. The molecule has 1 saturated heterocycles. The molecule has 4 nitrogen and oxygen atoms in total. The Kier molecular flexibility index (Phi) is 3.99. The summed E-state index contributed by atoms with van der Waals surface area (Å²) in [5, 5.41) is 1.23. The van der Waals surface area contributed by atoms with Crippen LogP contribution in [0.4, 0.5) is 0 Å². The zero-order chi connectivity index (χ0) is 15.8. The van der Waals surface area contributed by atoms with Gasteiger partial charge in [-0.1, -0.05) is 22.0 Å². The van der Waals surface area contributed by atoms with Crippen LogP contribution >= 0.6 is 15.9 Å². The third-order valence-electron chi connectivity index (χ3n) is 4.72. The van der Waals surface area contributed by atoms with Crippen LogP contribution in [0, 0.1) is 0 Å². The zero-order valence-electron chi connectivity index (χ0n) is 12.8. The molecule has 1 amide bonds. The normalized spacial score (nSPS) is 21.7. The zero-order valence-corrected chi connectivity index (χ0v) is 14.4. The Labute approximate surface area is 143 Å². The average molecular weight is 375 g/mol. The highest BCUT2D eigenvalue weighted by Crippen LogP contribution is 2.31. The van der Waals surface area contributed by atoms with Gasteiger partial charge in [0.15, 0.2) is 0 Å². The maximum atomic E-state index is 12.4. The van der Waals surface area contributed by atoms with E-state index >= 15 is 0 Å². The molecule has 0 saturated carbocycles. The lowest BCUT2D eigenvalue weighted by atomic mass is 9.98. The predicted molar refractivity (Wildman–Crippen MR) is 94.1 cm³/mol. The Morgan fingerprint density at radius 3 is 3.04 bits per heavy atom. The molecule has 4 rings (SSSR count). The molecular weight excluding hydrogens is 356 g/mol. The highest BCUT2D eigenvalue weighted by atomic mass is 79.9. The number of nitrogens with one attached hydrogen (secondary N) is 1.